The molecule has 0 saturated carbocycles. The summed E-state index contributed by atoms with van der Waals surface area (Å²) in [6, 6.07) is 7.72. The van der Waals surface area contributed by atoms with Crippen molar-refractivity contribution in [1.82, 2.24) is 9.47 Å². The molecular formula is C25H29N3O4S2. The molecule has 0 radical (unpaired) electrons. The molecular weight excluding hydrogens is 470 g/mol. The average molecular weight is 500 g/mol. The number of carbonyl (C=O) groups is 2. The molecule has 1 amide bonds. The Balaban J connectivity index is 1.81. The number of carbonyl (C=O) groups excluding carboxylic acids is 2. The number of ether oxygens (including phenoxy) is 1. The zero-order valence-corrected chi connectivity index (χ0v) is 21.5. The highest BCUT2D eigenvalue weighted by Crippen LogP contribution is 2.37. The highest BCUT2D eigenvalue weighted by molar-refractivity contribution is 8.26. The summed E-state index contributed by atoms with van der Waals surface area (Å²) in [5.41, 5.74) is 1.92. The van der Waals surface area contributed by atoms with Gasteiger partial charge in [-0.1, -0.05) is 42.2 Å². The van der Waals surface area contributed by atoms with Crippen LogP contribution in [0.3, 0.4) is 0 Å². The molecule has 1 aromatic heterocycles. The number of benzene rings is 1. The molecule has 180 valence electrons. The molecule has 2 saturated heterocycles. The fourth-order valence-corrected chi connectivity index (χ4v) is 6.13. The van der Waals surface area contributed by atoms with E-state index in [1.807, 2.05) is 45.0 Å². The van der Waals surface area contributed by atoms with Gasteiger partial charge in [0.25, 0.3) is 11.5 Å². The van der Waals surface area contributed by atoms with Gasteiger partial charge in [0.2, 0.25) is 0 Å². The number of piperidine rings is 1. The predicted molar refractivity (Wildman–Crippen MR) is 141 cm³/mol. The summed E-state index contributed by atoms with van der Waals surface area (Å²) in [4.78, 5) is 43.1. The molecule has 0 aliphatic carbocycles. The molecule has 1 aromatic carbocycles. The van der Waals surface area contributed by atoms with Gasteiger partial charge < -0.3 is 14.2 Å². The minimum atomic E-state index is -0.174. The number of thioether (sulfide) groups is 1. The van der Waals surface area contributed by atoms with Crippen LogP contribution in [-0.2, 0) is 21.4 Å². The van der Waals surface area contributed by atoms with Gasteiger partial charge in [-0.05, 0) is 45.8 Å². The quantitative estimate of drug-likeness (QED) is 0.351. The maximum atomic E-state index is 13.5. The molecule has 2 aromatic rings. The number of nitrogens with zero attached hydrogens (tertiary/aromatic N) is 3. The highest BCUT2D eigenvalue weighted by Gasteiger charge is 2.35. The first-order chi connectivity index (χ1) is 16.2. The van der Waals surface area contributed by atoms with Crippen LogP contribution >= 0.6 is 24.0 Å². The van der Waals surface area contributed by atoms with Gasteiger partial charge >= 0.3 is 5.97 Å². The molecule has 3 heterocycles. The fourth-order valence-electron chi connectivity index (χ4n) is 4.63. The number of para-hydroxylation sites is 1. The number of anilines is 1. The highest BCUT2D eigenvalue weighted by atomic mass is 32.2. The molecule has 2 fully saturated rings. The molecule has 2 aliphatic rings. The van der Waals surface area contributed by atoms with E-state index in [4.69, 9.17) is 17.0 Å². The first kappa shape index (κ1) is 24.5. The van der Waals surface area contributed by atoms with E-state index in [1.54, 1.807) is 22.6 Å². The monoisotopic (exact) mass is 499 g/mol. The number of amides is 1. The molecule has 0 unspecified atom stereocenters. The van der Waals surface area contributed by atoms with Crippen LogP contribution in [0, 0.1) is 5.92 Å². The van der Waals surface area contributed by atoms with Crippen molar-refractivity contribution in [3.8, 4) is 0 Å². The molecule has 9 heteroatoms. The zero-order chi connectivity index (χ0) is 24.6. The van der Waals surface area contributed by atoms with Crippen molar-refractivity contribution in [2.75, 3.05) is 24.6 Å². The molecule has 0 spiro atoms. The van der Waals surface area contributed by atoms with E-state index in [2.05, 4.69) is 4.90 Å². The van der Waals surface area contributed by atoms with Gasteiger partial charge in [-0.2, -0.15) is 0 Å². The number of aryl methyl sites for hydroxylation is 1. The number of hydrogen-bond donors (Lipinski definition) is 0. The number of hydrogen-bond acceptors (Lipinski definition) is 7. The lowest BCUT2D eigenvalue weighted by Crippen LogP contribution is -2.38. The third kappa shape index (κ3) is 4.38. The summed E-state index contributed by atoms with van der Waals surface area (Å²) in [6.07, 6.45) is 3.00. The van der Waals surface area contributed by atoms with Crippen molar-refractivity contribution < 1.29 is 14.3 Å². The van der Waals surface area contributed by atoms with Gasteiger partial charge in [0.1, 0.15) is 4.32 Å². The minimum absolute atomic E-state index is 0.0563. The molecule has 0 N–H and O–H groups in total. The summed E-state index contributed by atoms with van der Waals surface area (Å²) in [5, 5.41) is 0.935. The van der Waals surface area contributed by atoms with Crippen molar-refractivity contribution in [3.63, 3.8) is 0 Å². The Morgan fingerprint density at radius 2 is 1.91 bits per heavy atom. The number of rotatable bonds is 5. The Hall–Kier alpha value is -2.65. The van der Waals surface area contributed by atoms with Gasteiger partial charge in [-0.15, -0.1) is 0 Å². The van der Waals surface area contributed by atoms with E-state index in [-0.39, 0.29) is 29.4 Å². The van der Waals surface area contributed by atoms with Crippen molar-refractivity contribution in [2.24, 2.45) is 13.0 Å². The lowest BCUT2D eigenvalue weighted by molar-refractivity contribution is -0.148. The van der Waals surface area contributed by atoms with E-state index in [0.717, 1.165) is 16.6 Å². The molecule has 2 aliphatic heterocycles. The number of fused-ring (bicyclic) bond motifs is 1. The predicted octanol–water partition coefficient (Wildman–Crippen LogP) is 3.93. The van der Waals surface area contributed by atoms with Crippen LogP contribution in [-0.4, -0.2) is 51.4 Å². The Kier molecular flexibility index (Phi) is 7.14. The standard InChI is InChI=1S/C25H29N3O4S2/c1-5-32-24(31)16-10-12-27(13-11-16)21-17-8-6-7-9-19(17)26(4)22(29)18(21)14-20-23(30)28(15(2)3)25(33)34-20/h6-9,14-16H,5,10-13H2,1-4H3. The van der Waals surface area contributed by atoms with Gasteiger partial charge in [0, 0.05) is 31.6 Å². The van der Waals surface area contributed by atoms with Crippen molar-refractivity contribution >= 4 is 62.8 Å². The second-order valence-corrected chi connectivity index (χ2v) is 10.5. The van der Waals surface area contributed by atoms with Crippen molar-refractivity contribution in [1.29, 1.82) is 0 Å². The van der Waals surface area contributed by atoms with Gasteiger partial charge in [-0.25, -0.2) is 0 Å². The summed E-state index contributed by atoms with van der Waals surface area (Å²) in [7, 11) is 1.75. The third-order valence-electron chi connectivity index (χ3n) is 6.36. The molecule has 4 rings (SSSR count). The minimum Gasteiger partial charge on any atom is -0.466 e. The van der Waals surface area contributed by atoms with Crippen LogP contribution in [0.5, 0.6) is 0 Å². The summed E-state index contributed by atoms with van der Waals surface area (Å²) in [5.74, 6) is -0.472. The average Bonchev–Trinajstić information content (AvgIpc) is 3.10. The van der Waals surface area contributed by atoms with E-state index in [9.17, 15) is 14.4 Å². The first-order valence-electron chi connectivity index (χ1n) is 11.5. The number of esters is 1. The van der Waals surface area contributed by atoms with Gasteiger partial charge in [-0.3, -0.25) is 19.3 Å². The lowest BCUT2D eigenvalue weighted by atomic mass is 9.95. The fraction of sp³-hybridized carbons (Fsp3) is 0.440. The third-order valence-corrected chi connectivity index (χ3v) is 7.69. The maximum Gasteiger partial charge on any atom is 0.309 e. The lowest BCUT2D eigenvalue weighted by Gasteiger charge is -2.34. The van der Waals surface area contributed by atoms with Crippen molar-refractivity contribution in [2.45, 2.75) is 39.7 Å². The van der Waals surface area contributed by atoms with E-state index in [1.165, 1.54) is 11.8 Å². The van der Waals surface area contributed by atoms with Gasteiger partial charge in [0.05, 0.1) is 34.2 Å². The number of pyridine rings is 1. The summed E-state index contributed by atoms with van der Waals surface area (Å²) >= 11 is 6.66. The molecule has 34 heavy (non-hydrogen) atoms. The summed E-state index contributed by atoms with van der Waals surface area (Å²) in [6.45, 7) is 7.26. The molecule has 0 atom stereocenters. The summed E-state index contributed by atoms with van der Waals surface area (Å²) < 4.78 is 7.34. The smallest absolute Gasteiger partial charge is 0.309 e. The number of thiocarbonyl (C=S) groups is 1. The van der Waals surface area contributed by atoms with E-state index in [0.29, 0.717) is 47.3 Å². The van der Waals surface area contributed by atoms with E-state index >= 15 is 0 Å². The van der Waals surface area contributed by atoms with Crippen LogP contribution in [0.15, 0.2) is 34.0 Å². The van der Waals surface area contributed by atoms with Crippen LogP contribution in [0.1, 0.15) is 39.2 Å². The Morgan fingerprint density at radius 1 is 1.24 bits per heavy atom. The Labute approximate surface area is 208 Å². The van der Waals surface area contributed by atoms with E-state index < -0.39 is 0 Å². The Bertz CT molecular complexity index is 1240. The van der Waals surface area contributed by atoms with Crippen LogP contribution in [0.4, 0.5) is 5.69 Å². The number of aromatic nitrogens is 1. The Morgan fingerprint density at radius 3 is 2.53 bits per heavy atom. The van der Waals surface area contributed by atoms with Crippen LogP contribution in [0.2, 0.25) is 0 Å². The first-order valence-corrected chi connectivity index (χ1v) is 12.8. The normalized spacial score (nSPS) is 18.6. The zero-order valence-electron chi connectivity index (χ0n) is 19.9. The largest absolute Gasteiger partial charge is 0.466 e. The second-order valence-electron chi connectivity index (χ2n) is 8.80. The topological polar surface area (TPSA) is 71.8 Å². The second kappa shape index (κ2) is 9.92. The van der Waals surface area contributed by atoms with Crippen LogP contribution in [0.25, 0.3) is 17.0 Å². The molecule has 7 nitrogen and oxygen atoms in total. The van der Waals surface area contributed by atoms with Gasteiger partial charge in [0.15, 0.2) is 0 Å². The molecule has 0 bridgehead atoms. The van der Waals surface area contributed by atoms with Crippen molar-refractivity contribution in [3.05, 3.63) is 45.1 Å². The SMILES string of the molecule is CCOC(=O)C1CCN(c2c(C=C3SC(=S)N(C(C)C)C3=O)c(=O)n(C)c3ccccc23)CC1. The van der Waals surface area contributed by atoms with Crippen LogP contribution < -0.4 is 10.5 Å². The maximum absolute atomic E-state index is 13.5.